The van der Waals surface area contributed by atoms with E-state index in [4.69, 9.17) is 10.3 Å². The first kappa shape index (κ1) is 20.8. The number of nitrogens with one attached hydrogen (secondary N) is 2. The Bertz CT molecular complexity index is 666. The minimum absolute atomic E-state index is 0.0101. The van der Waals surface area contributed by atoms with Crippen LogP contribution in [0.25, 0.3) is 0 Å². The van der Waals surface area contributed by atoms with E-state index in [9.17, 15) is 14.4 Å². The molecule has 1 saturated heterocycles. The number of rotatable bonds is 7. The molecule has 0 spiro atoms. The number of carbonyl (C=O) groups excluding carboxylic acids is 3. The van der Waals surface area contributed by atoms with Gasteiger partial charge in [0.1, 0.15) is 5.76 Å². The summed E-state index contributed by atoms with van der Waals surface area (Å²) in [6.45, 7) is 7.77. The van der Waals surface area contributed by atoms with E-state index in [2.05, 4.69) is 15.8 Å². The Balaban J connectivity index is 1.69. The summed E-state index contributed by atoms with van der Waals surface area (Å²) in [5, 5.41) is 8.98. The monoisotopic (exact) mass is 380 g/mol. The zero-order valence-corrected chi connectivity index (χ0v) is 16.0. The van der Waals surface area contributed by atoms with Gasteiger partial charge in [0.15, 0.2) is 5.82 Å². The molecule has 1 atom stereocenters. The molecule has 1 aliphatic heterocycles. The molecular formula is C17H28N6O4. The van der Waals surface area contributed by atoms with Gasteiger partial charge in [-0.2, -0.15) is 0 Å². The molecule has 10 heteroatoms. The van der Waals surface area contributed by atoms with Crippen LogP contribution in [0.5, 0.6) is 0 Å². The minimum Gasteiger partial charge on any atom is -0.360 e. The highest BCUT2D eigenvalue weighted by atomic mass is 16.5. The van der Waals surface area contributed by atoms with Crippen molar-refractivity contribution in [3.8, 4) is 0 Å². The van der Waals surface area contributed by atoms with Gasteiger partial charge in [-0.3, -0.25) is 19.3 Å². The molecule has 1 aliphatic rings. The highest BCUT2D eigenvalue weighted by molar-refractivity contribution is 5.91. The topological polar surface area (TPSA) is 134 Å². The Labute approximate surface area is 158 Å². The first-order chi connectivity index (χ1) is 12.8. The second-order valence-corrected chi connectivity index (χ2v) is 7.02. The van der Waals surface area contributed by atoms with E-state index in [0.29, 0.717) is 37.8 Å². The molecule has 0 aromatic carbocycles. The summed E-state index contributed by atoms with van der Waals surface area (Å²) in [5.74, 6) is 0.368. The van der Waals surface area contributed by atoms with E-state index >= 15 is 0 Å². The molecular weight excluding hydrogens is 352 g/mol. The van der Waals surface area contributed by atoms with Crippen LogP contribution in [0.15, 0.2) is 10.6 Å². The van der Waals surface area contributed by atoms with Crippen LogP contribution in [0.4, 0.5) is 5.82 Å². The molecule has 0 aliphatic carbocycles. The van der Waals surface area contributed by atoms with Crippen LogP contribution in [-0.4, -0.2) is 78.0 Å². The first-order valence-electron chi connectivity index (χ1n) is 9.03. The van der Waals surface area contributed by atoms with Gasteiger partial charge in [-0.1, -0.05) is 19.0 Å². The summed E-state index contributed by atoms with van der Waals surface area (Å²) in [6.07, 6.45) is 0. The van der Waals surface area contributed by atoms with Crippen molar-refractivity contribution < 1.29 is 18.9 Å². The lowest BCUT2D eigenvalue weighted by Crippen LogP contribution is -2.53. The third-order valence-corrected chi connectivity index (χ3v) is 4.42. The maximum atomic E-state index is 12.2. The molecule has 3 amide bonds. The summed E-state index contributed by atoms with van der Waals surface area (Å²) >= 11 is 0. The lowest BCUT2D eigenvalue weighted by Gasteiger charge is -2.34. The van der Waals surface area contributed by atoms with Crippen molar-refractivity contribution in [3.05, 3.63) is 11.8 Å². The van der Waals surface area contributed by atoms with Crippen molar-refractivity contribution in [1.82, 2.24) is 20.3 Å². The van der Waals surface area contributed by atoms with Crippen LogP contribution >= 0.6 is 0 Å². The number of carbonyl (C=O) groups is 3. The molecule has 150 valence electrons. The highest BCUT2D eigenvalue weighted by Crippen LogP contribution is 2.08. The van der Waals surface area contributed by atoms with E-state index < -0.39 is 6.04 Å². The number of aromatic nitrogens is 1. The fourth-order valence-corrected chi connectivity index (χ4v) is 2.66. The Kier molecular flexibility index (Phi) is 7.31. The van der Waals surface area contributed by atoms with Crippen LogP contribution in [-0.2, 0) is 14.4 Å². The molecule has 0 saturated carbocycles. The van der Waals surface area contributed by atoms with Crippen molar-refractivity contribution in [2.45, 2.75) is 26.8 Å². The van der Waals surface area contributed by atoms with Crippen molar-refractivity contribution in [1.29, 1.82) is 0 Å². The number of piperazine rings is 1. The molecule has 2 rings (SSSR count). The molecule has 0 unspecified atom stereocenters. The number of hydrogen-bond donors (Lipinski definition) is 3. The maximum Gasteiger partial charge on any atom is 0.242 e. The molecule has 27 heavy (non-hydrogen) atoms. The molecule has 0 radical (unpaired) electrons. The summed E-state index contributed by atoms with van der Waals surface area (Å²) in [7, 11) is 0. The number of aryl methyl sites for hydroxylation is 1. The molecule has 0 bridgehead atoms. The van der Waals surface area contributed by atoms with Crippen molar-refractivity contribution in [3.63, 3.8) is 0 Å². The summed E-state index contributed by atoms with van der Waals surface area (Å²) in [5.41, 5.74) is 5.75. The van der Waals surface area contributed by atoms with Crippen LogP contribution in [0.3, 0.4) is 0 Å². The summed E-state index contributed by atoms with van der Waals surface area (Å²) in [6, 6.07) is 1.02. The van der Waals surface area contributed by atoms with Gasteiger partial charge in [-0.15, -0.1) is 0 Å². The van der Waals surface area contributed by atoms with Crippen LogP contribution in [0.1, 0.15) is 19.6 Å². The zero-order chi connectivity index (χ0) is 20.0. The van der Waals surface area contributed by atoms with Crippen LogP contribution in [0.2, 0.25) is 0 Å². The van der Waals surface area contributed by atoms with Gasteiger partial charge >= 0.3 is 0 Å². The van der Waals surface area contributed by atoms with E-state index in [0.717, 1.165) is 0 Å². The van der Waals surface area contributed by atoms with Gasteiger partial charge in [-0.25, -0.2) is 0 Å². The fraction of sp³-hybridized carbons (Fsp3) is 0.647. The van der Waals surface area contributed by atoms with Crippen molar-refractivity contribution in [2.75, 3.05) is 44.6 Å². The second kappa shape index (κ2) is 9.47. The van der Waals surface area contributed by atoms with Gasteiger partial charge in [0.25, 0.3) is 0 Å². The van der Waals surface area contributed by atoms with Gasteiger partial charge in [0.2, 0.25) is 17.7 Å². The van der Waals surface area contributed by atoms with Crippen molar-refractivity contribution in [2.24, 2.45) is 11.7 Å². The standard InChI is InChI=1S/C17H28N6O4/c1-11(2)16(18)17(26)19-9-15(25)23-6-4-22(5-7-23)10-14(24)20-13-8-12(3)27-21-13/h8,11,16H,4-7,9-10,18H2,1-3H3,(H,19,26)(H,20,21,24)/t16-/m0/s1. The van der Waals surface area contributed by atoms with E-state index in [-0.39, 0.29) is 36.7 Å². The third-order valence-electron chi connectivity index (χ3n) is 4.42. The molecule has 4 N–H and O–H groups in total. The largest absolute Gasteiger partial charge is 0.360 e. The molecule has 1 aromatic heterocycles. The number of hydrogen-bond acceptors (Lipinski definition) is 7. The Morgan fingerprint density at radius 1 is 1.26 bits per heavy atom. The zero-order valence-electron chi connectivity index (χ0n) is 16.0. The van der Waals surface area contributed by atoms with E-state index in [1.807, 2.05) is 18.7 Å². The van der Waals surface area contributed by atoms with Gasteiger partial charge in [0, 0.05) is 32.2 Å². The average Bonchev–Trinajstić information content (AvgIpc) is 3.03. The van der Waals surface area contributed by atoms with Crippen LogP contribution < -0.4 is 16.4 Å². The minimum atomic E-state index is -0.623. The Morgan fingerprint density at radius 2 is 1.93 bits per heavy atom. The maximum absolute atomic E-state index is 12.2. The number of nitrogens with zero attached hydrogens (tertiary/aromatic N) is 3. The number of anilines is 1. The first-order valence-corrected chi connectivity index (χ1v) is 9.03. The van der Waals surface area contributed by atoms with Gasteiger partial charge in [0.05, 0.1) is 19.1 Å². The molecule has 1 aromatic rings. The predicted molar refractivity (Wildman–Crippen MR) is 98.7 cm³/mol. The summed E-state index contributed by atoms with van der Waals surface area (Å²) < 4.78 is 4.90. The number of amides is 3. The Hall–Kier alpha value is -2.46. The average molecular weight is 380 g/mol. The second-order valence-electron chi connectivity index (χ2n) is 7.02. The number of nitrogens with two attached hydrogens (primary N) is 1. The van der Waals surface area contributed by atoms with Gasteiger partial charge in [-0.05, 0) is 12.8 Å². The summed E-state index contributed by atoms with van der Waals surface area (Å²) in [4.78, 5) is 39.7. The lowest BCUT2D eigenvalue weighted by atomic mass is 10.1. The van der Waals surface area contributed by atoms with Crippen LogP contribution in [0, 0.1) is 12.8 Å². The third kappa shape index (κ3) is 6.33. The lowest BCUT2D eigenvalue weighted by molar-refractivity contribution is -0.135. The van der Waals surface area contributed by atoms with E-state index in [1.165, 1.54) is 0 Å². The quantitative estimate of drug-likeness (QED) is 0.562. The van der Waals surface area contributed by atoms with Crippen molar-refractivity contribution >= 4 is 23.5 Å². The predicted octanol–water partition coefficient (Wildman–Crippen LogP) is -0.835. The highest BCUT2D eigenvalue weighted by Gasteiger charge is 2.24. The SMILES string of the molecule is Cc1cc(NC(=O)CN2CCN(C(=O)CNC(=O)[C@@H](N)C(C)C)CC2)no1. The smallest absolute Gasteiger partial charge is 0.242 e. The molecule has 2 heterocycles. The molecule has 1 fully saturated rings. The normalized spacial score (nSPS) is 16.3. The van der Waals surface area contributed by atoms with Gasteiger partial charge < -0.3 is 25.8 Å². The Morgan fingerprint density at radius 3 is 2.48 bits per heavy atom. The van der Waals surface area contributed by atoms with E-state index in [1.54, 1.807) is 17.9 Å². The fourth-order valence-electron chi connectivity index (χ4n) is 2.66. The molecule has 10 nitrogen and oxygen atoms in total.